The van der Waals surface area contributed by atoms with Gasteiger partial charge in [-0.05, 0) is 36.4 Å². The van der Waals surface area contributed by atoms with E-state index in [0.717, 1.165) is 14.5 Å². The molecular weight excluding hydrogens is 407 g/mol. The van der Waals surface area contributed by atoms with E-state index in [1.807, 2.05) is 18.2 Å². The molecule has 0 bridgehead atoms. The Morgan fingerprint density at radius 2 is 1.95 bits per heavy atom. The SMILES string of the molecule is COc1ccc(Br)cc1CC(=O)c1cc(Cl)ccc1Br. The lowest BCUT2D eigenvalue weighted by Gasteiger charge is -2.09. The first-order chi connectivity index (χ1) is 9.51. The minimum atomic E-state index is -0.0178. The minimum Gasteiger partial charge on any atom is -0.496 e. The van der Waals surface area contributed by atoms with E-state index in [-0.39, 0.29) is 12.2 Å². The van der Waals surface area contributed by atoms with E-state index in [1.165, 1.54) is 0 Å². The molecule has 0 fully saturated rings. The number of halogens is 3. The highest BCUT2D eigenvalue weighted by Crippen LogP contribution is 2.27. The topological polar surface area (TPSA) is 26.3 Å². The molecule has 0 aliphatic heterocycles. The Balaban J connectivity index is 2.32. The van der Waals surface area contributed by atoms with E-state index in [9.17, 15) is 4.79 Å². The first-order valence-corrected chi connectivity index (χ1v) is 7.78. The molecule has 0 aliphatic rings. The summed E-state index contributed by atoms with van der Waals surface area (Å²) in [6.45, 7) is 0. The van der Waals surface area contributed by atoms with E-state index >= 15 is 0 Å². The molecule has 2 aromatic carbocycles. The van der Waals surface area contributed by atoms with Gasteiger partial charge in [-0.1, -0.05) is 43.5 Å². The van der Waals surface area contributed by atoms with Crippen LogP contribution < -0.4 is 4.74 Å². The Labute approximate surface area is 139 Å². The highest BCUT2D eigenvalue weighted by Gasteiger charge is 2.14. The van der Waals surface area contributed by atoms with Crippen LogP contribution in [0.1, 0.15) is 15.9 Å². The number of ketones is 1. The Hall–Kier alpha value is -0.840. The number of ether oxygens (including phenoxy) is 1. The maximum Gasteiger partial charge on any atom is 0.168 e. The summed E-state index contributed by atoms with van der Waals surface area (Å²) in [5.41, 5.74) is 1.40. The molecule has 5 heteroatoms. The summed E-state index contributed by atoms with van der Waals surface area (Å²) in [5.74, 6) is 0.676. The quantitative estimate of drug-likeness (QED) is 0.630. The van der Waals surface area contributed by atoms with Crippen LogP contribution in [0.5, 0.6) is 5.75 Å². The van der Waals surface area contributed by atoms with Gasteiger partial charge in [-0.15, -0.1) is 0 Å². The molecule has 2 aromatic rings. The van der Waals surface area contributed by atoms with Gasteiger partial charge in [-0.2, -0.15) is 0 Å². The molecule has 0 aromatic heterocycles. The van der Waals surface area contributed by atoms with Crippen molar-refractivity contribution >= 4 is 49.2 Å². The van der Waals surface area contributed by atoms with Gasteiger partial charge in [0.25, 0.3) is 0 Å². The van der Waals surface area contributed by atoms with Crippen LogP contribution in [0.15, 0.2) is 45.3 Å². The van der Waals surface area contributed by atoms with E-state index in [2.05, 4.69) is 31.9 Å². The van der Waals surface area contributed by atoms with Gasteiger partial charge in [0.2, 0.25) is 0 Å². The van der Waals surface area contributed by atoms with Crippen molar-refractivity contribution in [1.82, 2.24) is 0 Å². The second-order valence-electron chi connectivity index (χ2n) is 4.18. The van der Waals surface area contributed by atoms with Crippen LogP contribution in [0.2, 0.25) is 5.02 Å². The number of hydrogen-bond donors (Lipinski definition) is 0. The molecule has 2 nitrogen and oxygen atoms in total. The van der Waals surface area contributed by atoms with Crippen LogP contribution in [-0.4, -0.2) is 12.9 Å². The third-order valence-electron chi connectivity index (χ3n) is 2.82. The van der Waals surface area contributed by atoms with E-state index in [0.29, 0.717) is 16.3 Å². The Morgan fingerprint density at radius 3 is 2.65 bits per heavy atom. The van der Waals surface area contributed by atoms with Crippen molar-refractivity contribution in [2.24, 2.45) is 0 Å². The highest BCUT2D eigenvalue weighted by atomic mass is 79.9. The van der Waals surface area contributed by atoms with Gasteiger partial charge in [-0.25, -0.2) is 0 Å². The normalized spacial score (nSPS) is 10.4. The van der Waals surface area contributed by atoms with Gasteiger partial charge < -0.3 is 4.74 Å². The third kappa shape index (κ3) is 3.62. The largest absolute Gasteiger partial charge is 0.496 e. The smallest absolute Gasteiger partial charge is 0.168 e. The average Bonchev–Trinajstić information content (AvgIpc) is 2.41. The van der Waals surface area contributed by atoms with Crippen molar-refractivity contribution in [2.75, 3.05) is 7.11 Å². The number of hydrogen-bond acceptors (Lipinski definition) is 2. The zero-order valence-corrected chi connectivity index (χ0v) is 14.5. The van der Waals surface area contributed by atoms with Gasteiger partial charge in [0.05, 0.1) is 7.11 Å². The highest BCUT2D eigenvalue weighted by molar-refractivity contribution is 9.10. The molecular formula is C15H11Br2ClO2. The van der Waals surface area contributed by atoms with Crippen molar-refractivity contribution < 1.29 is 9.53 Å². The third-order valence-corrected chi connectivity index (χ3v) is 4.24. The van der Waals surface area contributed by atoms with Crippen molar-refractivity contribution in [3.05, 3.63) is 61.5 Å². The predicted octanol–water partition coefficient (Wildman–Crippen LogP) is 5.30. The number of carbonyl (C=O) groups is 1. The Bertz CT molecular complexity index is 656. The molecule has 0 saturated carbocycles. The fourth-order valence-corrected chi connectivity index (χ4v) is 2.91. The van der Waals surface area contributed by atoms with Crippen LogP contribution in [0.3, 0.4) is 0 Å². The number of Topliss-reactive ketones (excluding diaryl/α,β-unsaturated/α-hetero) is 1. The number of benzene rings is 2. The van der Waals surface area contributed by atoms with Crippen LogP contribution in [0.4, 0.5) is 0 Å². The first-order valence-electron chi connectivity index (χ1n) is 5.82. The van der Waals surface area contributed by atoms with Crippen molar-refractivity contribution in [3.8, 4) is 5.75 Å². The van der Waals surface area contributed by atoms with Gasteiger partial charge in [0.1, 0.15) is 5.75 Å². The fraction of sp³-hybridized carbons (Fsp3) is 0.133. The second-order valence-corrected chi connectivity index (χ2v) is 6.39. The summed E-state index contributed by atoms with van der Waals surface area (Å²) in [4.78, 5) is 12.4. The predicted molar refractivity (Wildman–Crippen MR) is 87.9 cm³/mol. The second kappa shape index (κ2) is 6.74. The number of methoxy groups -OCH3 is 1. The molecule has 0 heterocycles. The number of carbonyl (C=O) groups excluding carboxylic acids is 1. The molecule has 0 atom stereocenters. The monoisotopic (exact) mass is 416 g/mol. The maximum atomic E-state index is 12.4. The molecule has 2 rings (SSSR count). The summed E-state index contributed by atoms with van der Waals surface area (Å²) in [5, 5.41) is 0.540. The van der Waals surface area contributed by atoms with E-state index in [4.69, 9.17) is 16.3 Å². The molecule has 0 unspecified atom stereocenters. The Morgan fingerprint density at radius 1 is 1.20 bits per heavy atom. The van der Waals surface area contributed by atoms with E-state index in [1.54, 1.807) is 25.3 Å². The zero-order valence-electron chi connectivity index (χ0n) is 10.6. The summed E-state index contributed by atoms with van der Waals surface area (Å²) >= 11 is 12.7. The molecule has 20 heavy (non-hydrogen) atoms. The van der Waals surface area contributed by atoms with Crippen LogP contribution in [0.25, 0.3) is 0 Å². The average molecular weight is 419 g/mol. The molecule has 0 spiro atoms. The van der Waals surface area contributed by atoms with Crippen molar-refractivity contribution in [3.63, 3.8) is 0 Å². The number of rotatable bonds is 4. The lowest BCUT2D eigenvalue weighted by atomic mass is 10.0. The summed E-state index contributed by atoms with van der Waals surface area (Å²) in [7, 11) is 1.59. The van der Waals surface area contributed by atoms with Crippen molar-refractivity contribution in [1.29, 1.82) is 0 Å². The van der Waals surface area contributed by atoms with Crippen LogP contribution in [-0.2, 0) is 6.42 Å². The van der Waals surface area contributed by atoms with E-state index < -0.39 is 0 Å². The molecule has 104 valence electrons. The minimum absolute atomic E-state index is 0.0178. The molecule has 0 radical (unpaired) electrons. The van der Waals surface area contributed by atoms with Crippen LogP contribution >= 0.6 is 43.5 Å². The molecule has 0 N–H and O–H groups in total. The van der Waals surface area contributed by atoms with Crippen LogP contribution in [0, 0.1) is 0 Å². The first kappa shape index (κ1) is 15.5. The fourth-order valence-electron chi connectivity index (χ4n) is 1.86. The Kier molecular flexibility index (Phi) is 5.24. The standard InChI is InChI=1S/C15H11Br2ClO2/c1-20-15-5-2-10(16)6-9(15)7-14(19)12-8-11(18)3-4-13(12)17/h2-6,8H,7H2,1H3. The lowest BCUT2D eigenvalue weighted by molar-refractivity contribution is 0.0991. The van der Waals surface area contributed by atoms with Gasteiger partial charge in [0.15, 0.2) is 5.78 Å². The van der Waals surface area contributed by atoms with Gasteiger partial charge >= 0.3 is 0 Å². The summed E-state index contributed by atoms with van der Waals surface area (Å²) in [6.07, 6.45) is 0.252. The summed E-state index contributed by atoms with van der Waals surface area (Å²) in [6, 6.07) is 10.8. The maximum absolute atomic E-state index is 12.4. The molecule has 0 saturated heterocycles. The summed E-state index contributed by atoms with van der Waals surface area (Å²) < 4.78 is 6.93. The molecule has 0 amide bonds. The molecule has 0 aliphatic carbocycles. The van der Waals surface area contributed by atoms with Gasteiger partial charge in [-0.3, -0.25) is 4.79 Å². The van der Waals surface area contributed by atoms with Gasteiger partial charge in [0, 0.05) is 31.5 Å². The zero-order chi connectivity index (χ0) is 14.7. The van der Waals surface area contributed by atoms with Crippen molar-refractivity contribution in [2.45, 2.75) is 6.42 Å². The lowest BCUT2D eigenvalue weighted by Crippen LogP contribution is -2.06.